The summed E-state index contributed by atoms with van der Waals surface area (Å²) in [5.74, 6) is 0. The van der Waals surface area contributed by atoms with Gasteiger partial charge in [-0.15, -0.1) is 0 Å². The van der Waals surface area contributed by atoms with Gasteiger partial charge in [-0.3, -0.25) is 4.98 Å². The Hall–Kier alpha value is -6.71. The number of hydrogen-bond donors (Lipinski definition) is 0. The van der Waals surface area contributed by atoms with E-state index in [0.29, 0.717) is 0 Å². The standard InChI is InChI=1S/C47H31N3/c1-4-12-32(13-5-1)36-26-37(33-14-6-2-7-15-33)28-39(27-36)50-46-23-21-35(30-43(46)41-24-25-48-31-47(41)50)34-20-22-45-42(29-34)40-18-10-11-19-44(40)49(45)38-16-8-3-9-17-38/h1-31H. The van der Waals surface area contributed by atoms with Crippen LogP contribution in [0.3, 0.4) is 0 Å². The van der Waals surface area contributed by atoms with Gasteiger partial charge in [0.05, 0.1) is 28.3 Å². The number of para-hydroxylation sites is 2. The van der Waals surface area contributed by atoms with E-state index in [2.05, 4.69) is 190 Å². The molecule has 0 fully saturated rings. The van der Waals surface area contributed by atoms with Crippen molar-refractivity contribution in [2.24, 2.45) is 0 Å². The fourth-order valence-corrected chi connectivity index (χ4v) is 7.67. The third-order valence-electron chi connectivity index (χ3n) is 9.98. The minimum atomic E-state index is 1.09. The molecule has 3 heteroatoms. The van der Waals surface area contributed by atoms with Crippen molar-refractivity contribution >= 4 is 43.6 Å². The van der Waals surface area contributed by atoms with Crippen LogP contribution in [-0.2, 0) is 0 Å². The van der Waals surface area contributed by atoms with Crippen molar-refractivity contribution in [3.63, 3.8) is 0 Å². The fourth-order valence-electron chi connectivity index (χ4n) is 7.67. The molecule has 234 valence electrons. The predicted molar refractivity (Wildman–Crippen MR) is 209 cm³/mol. The van der Waals surface area contributed by atoms with Crippen LogP contribution in [0.25, 0.3) is 88.4 Å². The van der Waals surface area contributed by atoms with E-state index >= 15 is 0 Å². The molecule has 0 aliphatic carbocycles. The molecule has 3 nitrogen and oxygen atoms in total. The normalized spacial score (nSPS) is 11.6. The smallest absolute Gasteiger partial charge is 0.0724 e. The van der Waals surface area contributed by atoms with E-state index < -0.39 is 0 Å². The van der Waals surface area contributed by atoms with Gasteiger partial charge < -0.3 is 9.13 Å². The number of fused-ring (bicyclic) bond motifs is 6. The van der Waals surface area contributed by atoms with Crippen molar-refractivity contribution in [2.45, 2.75) is 0 Å². The monoisotopic (exact) mass is 637 g/mol. The first-order valence-electron chi connectivity index (χ1n) is 17.0. The molecule has 50 heavy (non-hydrogen) atoms. The van der Waals surface area contributed by atoms with Gasteiger partial charge in [0.15, 0.2) is 0 Å². The average Bonchev–Trinajstić information content (AvgIpc) is 3.71. The molecule has 7 aromatic carbocycles. The number of nitrogens with zero attached hydrogens (tertiary/aromatic N) is 3. The van der Waals surface area contributed by atoms with Gasteiger partial charge in [-0.25, -0.2) is 0 Å². The summed E-state index contributed by atoms with van der Waals surface area (Å²) in [4.78, 5) is 4.60. The molecule has 0 saturated carbocycles. The van der Waals surface area contributed by atoms with Crippen LogP contribution < -0.4 is 0 Å². The Morgan fingerprint density at radius 2 is 0.800 bits per heavy atom. The molecule has 0 aliphatic heterocycles. The van der Waals surface area contributed by atoms with Gasteiger partial charge in [0.1, 0.15) is 0 Å². The molecule has 0 N–H and O–H groups in total. The summed E-state index contributed by atoms with van der Waals surface area (Å²) in [7, 11) is 0. The Kier molecular flexibility index (Phi) is 6.49. The van der Waals surface area contributed by atoms with Crippen molar-refractivity contribution in [3.8, 4) is 44.8 Å². The first-order valence-corrected chi connectivity index (χ1v) is 17.0. The zero-order valence-corrected chi connectivity index (χ0v) is 27.2. The van der Waals surface area contributed by atoms with E-state index in [9.17, 15) is 0 Å². The molecule has 0 radical (unpaired) electrons. The van der Waals surface area contributed by atoms with Gasteiger partial charge in [-0.05, 0) is 100 Å². The molecule has 0 unspecified atom stereocenters. The van der Waals surface area contributed by atoms with Crippen LogP contribution >= 0.6 is 0 Å². The Morgan fingerprint density at radius 1 is 0.300 bits per heavy atom. The Morgan fingerprint density at radius 3 is 1.42 bits per heavy atom. The van der Waals surface area contributed by atoms with Crippen molar-refractivity contribution in [3.05, 3.63) is 188 Å². The lowest BCUT2D eigenvalue weighted by Gasteiger charge is -2.14. The summed E-state index contributed by atoms with van der Waals surface area (Å²) >= 11 is 0. The van der Waals surface area contributed by atoms with Gasteiger partial charge in [0.2, 0.25) is 0 Å². The lowest BCUT2D eigenvalue weighted by Crippen LogP contribution is -1.96. The maximum absolute atomic E-state index is 4.60. The third kappa shape index (κ3) is 4.56. The Labute approximate surface area is 290 Å². The SMILES string of the molecule is c1ccc(-c2cc(-c3ccccc3)cc(-n3c4ccc(-c5ccc6c(c5)c5ccccc5n6-c5ccccc5)cc4c4ccncc43)c2)cc1. The molecule has 0 aliphatic rings. The highest BCUT2D eigenvalue weighted by Crippen LogP contribution is 2.39. The molecule has 0 amide bonds. The molecular weight excluding hydrogens is 607 g/mol. The highest BCUT2D eigenvalue weighted by molar-refractivity contribution is 6.12. The lowest BCUT2D eigenvalue weighted by atomic mass is 9.98. The Bertz CT molecular complexity index is 2790. The van der Waals surface area contributed by atoms with E-state index in [1.54, 1.807) is 0 Å². The van der Waals surface area contributed by atoms with Gasteiger partial charge >= 0.3 is 0 Å². The zero-order chi connectivity index (χ0) is 33.0. The number of benzene rings is 7. The average molecular weight is 638 g/mol. The maximum Gasteiger partial charge on any atom is 0.0724 e. The molecule has 0 saturated heterocycles. The second kappa shape index (κ2) is 11.5. The van der Waals surface area contributed by atoms with Crippen LogP contribution in [0.15, 0.2) is 188 Å². The number of pyridine rings is 1. The van der Waals surface area contributed by atoms with E-state index in [1.807, 2.05) is 12.4 Å². The van der Waals surface area contributed by atoms with Crippen LogP contribution in [0.1, 0.15) is 0 Å². The number of aromatic nitrogens is 3. The third-order valence-corrected chi connectivity index (χ3v) is 9.98. The van der Waals surface area contributed by atoms with E-state index in [-0.39, 0.29) is 0 Å². The molecule has 0 bridgehead atoms. The first kappa shape index (κ1) is 28.3. The molecular formula is C47H31N3. The van der Waals surface area contributed by atoms with Crippen LogP contribution in [0, 0.1) is 0 Å². The van der Waals surface area contributed by atoms with Gasteiger partial charge in [-0.1, -0.05) is 109 Å². The molecule has 0 atom stereocenters. The molecule has 10 aromatic rings. The van der Waals surface area contributed by atoms with E-state index in [4.69, 9.17) is 0 Å². The maximum atomic E-state index is 4.60. The summed E-state index contributed by atoms with van der Waals surface area (Å²) in [6.07, 6.45) is 3.90. The van der Waals surface area contributed by atoms with Crippen LogP contribution in [0.5, 0.6) is 0 Å². The number of hydrogen-bond acceptors (Lipinski definition) is 1. The summed E-state index contributed by atoms with van der Waals surface area (Å²) in [6, 6.07) is 63.5. The van der Waals surface area contributed by atoms with E-state index in [0.717, 1.165) is 16.7 Å². The minimum absolute atomic E-state index is 1.09. The van der Waals surface area contributed by atoms with Crippen LogP contribution in [-0.4, -0.2) is 14.1 Å². The van der Waals surface area contributed by atoms with Gasteiger partial charge in [0, 0.05) is 39.1 Å². The highest BCUT2D eigenvalue weighted by atomic mass is 15.0. The Balaban J connectivity index is 1.17. The second-order valence-corrected chi connectivity index (χ2v) is 12.9. The predicted octanol–water partition coefficient (Wildman–Crippen LogP) is 12.3. The van der Waals surface area contributed by atoms with Gasteiger partial charge in [0.25, 0.3) is 0 Å². The topological polar surface area (TPSA) is 22.8 Å². The highest BCUT2D eigenvalue weighted by Gasteiger charge is 2.17. The summed E-state index contributed by atoms with van der Waals surface area (Å²) in [6.45, 7) is 0. The fraction of sp³-hybridized carbons (Fsp3) is 0. The molecule has 3 aromatic heterocycles. The number of rotatable bonds is 5. The lowest BCUT2D eigenvalue weighted by molar-refractivity contribution is 1.17. The van der Waals surface area contributed by atoms with Gasteiger partial charge in [-0.2, -0.15) is 0 Å². The first-order chi connectivity index (χ1) is 24.8. The molecule has 3 heterocycles. The zero-order valence-electron chi connectivity index (χ0n) is 27.2. The van der Waals surface area contributed by atoms with Crippen molar-refractivity contribution in [1.82, 2.24) is 14.1 Å². The second-order valence-electron chi connectivity index (χ2n) is 12.9. The van der Waals surface area contributed by atoms with Crippen molar-refractivity contribution in [2.75, 3.05) is 0 Å². The molecule has 10 rings (SSSR count). The summed E-state index contributed by atoms with van der Waals surface area (Å²) in [5.41, 5.74) is 14.1. The minimum Gasteiger partial charge on any atom is -0.309 e. The summed E-state index contributed by atoms with van der Waals surface area (Å²) in [5, 5.41) is 4.90. The van der Waals surface area contributed by atoms with Crippen LogP contribution in [0.2, 0.25) is 0 Å². The largest absolute Gasteiger partial charge is 0.309 e. The quantitative estimate of drug-likeness (QED) is 0.184. The van der Waals surface area contributed by atoms with Crippen LogP contribution in [0.4, 0.5) is 0 Å². The summed E-state index contributed by atoms with van der Waals surface area (Å²) < 4.78 is 4.74. The van der Waals surface area contributed by atoms with E-state index in [1.165, 1.54) is 71.6 Å². The van der Waals surface area contributed by atoms with Crippen molar-refractivity contribution < 1.29 is 0 Å². The van der Waals surface area contributed by atoms with Crippen molar-refractivity contribution in [1.29, 1.82) is 0 Å². The molecule has 0 spiro atoms.